The van der Waals surface area contributed by atoms with E-state index in [9.17, 15) is 27.5 Å². The molecular weight excluding hydrogens is 626 g/mol. The van der Waals surface area contributed by atoms with Crippen molar-refractivity contribution in [3.8, 4) is 0 Å². The lowest BCUT2D eigenvalue weighted by atomic mass is 9.67. The van der Waals surface area contributed by atoms with Gasteiger partial charge in [0.05, 0.1) is 17.9 Å². The van der Waals surface area contributed by atoms with Crippen LogP contribution in [-0.2, 0) is 26.9 Å². The molecule has 1 aliphatic heterocycles. The molecule has 1 aliphatic carbocycles. The number of carbonyl (C=O) groups is 2. The smallest absolute Gasteiger partial charge is 0.304 e. The van der Waals surface area contributed by atoms with Crippen LogP contribution in [-0.4, -0.2) is 53.7 Å². The van der Waals surface area contributed by atoms with Gasteiger partial charge in [-0.25, -0.2) is 17.1 Å². The maximum atomic E-state index is 14.6. The zero-order valence-corrected chi connectivity index (χ0v) is 26.6. The Morgan fingerprint density at radius 1 is 1.05 bits per heavy atom. The van der Waals surface area contributed by atoms with Crippen molar-refractivity contribution in [3.63, 3.8) is 0 Å². The molecule has 4 atom stereocenters. The number of likely N-dealkylation sites (tertiary alicyclic amines) is 1. The van der Waals surface area contributed by atoms with Gasteiger partial charge in [-0.3, -0.25) is 9.59 Å². The van der Waals surface area contributed by atoms with E-state index in [-0.39, 0.29) is 43.7 Å². The monoisotopic (exact) mass is 660 g/mol. The highest BCUT2D eigenvalue weighted by Gasteiger charge is 2.54. The van der Waals surface area contributed by atoms with Gasteiger partial charge in [-0.1, -0.05) is 66.5 Å². The molecule has 1 N–H and O–H groups in total. The first-order valence-electron chi connectivity index (χ1n) is 14.6. The minimum atomic E-state index is -3.03. The molecule has 3 aromatic carbocycles. The number of carbonyl (C=O) groups excluding carboxylic acids is 1. The van der Waals surface area contributed by atoms with Gasteiger partial charge in [0.1, 0.15) is 5.82 Å². The molecule has 0 aromatic heterocycles. The Labute approximate surface area is 268 Å². The summed E-state index contributed by atoms with van der Waals surface area (Å²) in [4.78, 5) is 28.5. The van der Waals surface area contributed by atoms with Crippen molar-refractivity contribution < 1.29 is 27.5 Å². The first-order chi connectivity index (χ1) is 20.9. The van der Waals surface area contributed by atoms with E-state index >= 15 is 0 Å². The summed E-state index contributed by atoms with van der Waals surface area (Å²) in [5.74, 6) is -2.10. The highest BCUT2D eigenvalue weighted by atomic mass is 35.5. The number of rotatable bonds is 12. The summed E-state index contributed by atoms with van der Waals surface area (Å²) in [5, 5.41) is 11.0. The van der Waals surface area contributed by atoms with Crippen molar-refractivity contribution in [2.45, 2.75) is 57.0 Å². The van der Waals surface area contributed by atoms with Crippen molar-refractivity contribution in [1.82, 2.24) is 9.21 Å². The maximum absolute atomic E-state index is 14.6. The molecule has 2 fully saturated rings. The number of benzene rings is 3. The fraction of sp³-hybridized carbons (Fsp3) is 0.394. The Bertz CT molecular complexity index is 1590. The van der Waals surface area contributed by atoms with Gasteiger partial charge in [-0.15, -0.1) is 0 Å². The van der Waals surface area contributed by atoms with E-state index in [2.05, 4.69) is 0 Å². The third-order valence-electron chi connectivity index (χ3n) is 8.83. The number of amides is 1. The number of piperidine rings is 1. The molecular formula is C33H35Cl2FN2O5S. The third kappa shape index (κ3) is 7.45. The van der Waals surface area contributed by atoms with Crippen molar-refractivity contribution in [2.24, 2.45) is 11.3 Å². The van der Waals surface area contributed by atoms with Gasteiger partial charge in [0.25, 0.3) is 0 Å². The van der Waals surface area contributed by atoms with E-state index in [4.69, 9.17) is 23.2 Å². The normalized spacial score (nSPS) is 22.9. The molecule has 0 radical (unpaired) electrons. The van der Waals surface area contributed by atoms with Crippen LogP contribution in [0.25, 0.3) is 0 Å². The first kappa shape index (κ1) is 32.4. The van der Waals surface area contributed by atoms with Gasteiger partial charge in [0, 0.05) is 35.1 Å². The summed E-state index contributed by atoms with van der Waals surface area (Å²) in [6.45, 7) is 1.84. The second-order valence-corrected chi connectivity index (χ2v) is 14.1. The van der Waals surface area contributed by atoms with Gasteiger partial charge in [-0.2, -0.15) is 0 Å². The fourth-order valence-electron chi connectivity index (χ4n) is 6.60. The lowest BCUT2D eigenvalue weighted by Gasteiger charge is -2.52. The molecule has 3 aromatic rings. The molecule has 11 heteroatoms. The standard InChI is InChI=1S/C33H35Cl2FN2O5S/c1-33(19-30(39)40)18-28(24-5-3-6-26(35)17-24)31(23-10-12-25(34)13-11-23)38(32(33)41)29(22-8-9-22)20-37(44(42)43)15-14-21-4-2-7-27(36)16-21/h2-7,10-13,16-17,22,28-29,31,44H,8-9,14-15,18-20H2,1H3,(H,39,40)/t28-,29-,31-,33-/m1/s1. The largest absolute Gasteiger partial charge is 0.481 e. The molecule has 7 nitrogen and oxygen atoms in total. The van der Waals surface area contributed by atoms with E-state index in [0.717, 1.165) is 24.0 Å². The number of halogens is 3. The van der Waals surface area contributed by atoms with E-state index in [1.807, 2.05) is 30.3 Å². The van der Waals surface area contributed by atoms with Crippen molar-refractivity contribution >= 4 is 46.0 Å². The molecule has 0 bridgehead atoms. The molecule has 0 spiro atoms. The number of carboxylic acid groups (broad SMARTS) is 1. The SMILES string of the molecule is C[C@]1(CC(=O)O)C[C@H](c2cccc(Cl)c2)[C@@H](c2ccc(Cl)cc2)N([C@H](CN(CCc2cccc(F)c2)[SH](=O)=O)C2CC2)C1=O. The fourth-order valence-corrected chi connectivity index (χ4v) is 7.48. The van der Waals surface area contributed by atoms with Crippen LogP contribution < -0.4 is 0 Å². The number of carboxylic acids is 1. The van der Waals surface area contributed by atoms with Crippen LogP contribution in [0.3, 0.4) is 0 Å². The molecule has 5 rings (SSSR count). The van der Waals surface area contributed by atoms with Crippen molar-refractivity contribution in [1.29, 1.82) is 0 Å². The van der Waals surface area contributed by atoms with Crippen LogP contribution in [0, 0.1) is 17.2 Å². The Morgan fingerprint density at radius 3 is 2.36 bits per heavy atom. The van der Waals surface area contributed by atoms with Gasteiger partial charge in [0.15, 0.2) is 0 Å². The average molecular weight is 662 g/mol. The van der Waals surface area contributed by atoms with Gasteiger partial charge >= 0.3 is 5.97 Å². The lowest BCUT2D eigenvalue weighted by molar-refractivity contribution is -0.161. The molecule has 0 unspecified atom stereocenters. The number of hydrogen-bond acceptors (Lipinski definition) is 4. The van der Waals surface area contributed by atoms with Crippen LogP contribution >= 0.6 is 23.2 Å². The Balaban J connectivity index is 1.59. The molecule has 2 aliphatic rings. The van der Waals surface area contributed by atoms with E-state index in [1.54, 1.807) is 42.2 Å². The number of thiol groups is 1. The molecule has 44 heavy (non-hydrogen) atoms. The highest BCUT2D eigenvalue weighted by Crippen LogP contribution is 2.54. The predicted molar refractivity (Wildman–Crippen MR) is 169 cm³/mol. The Morgan fingerprint density at radius 2 is 1.75 bits per heavy atom. The summed E-state index contributed by atoms with van der Waals surface area (Å²) in [6, 6.07) is 19.6. The molecule has 1 heterocycles. The second-order valence-electron chi connectivity index (χ2n) is 12.1. The number of hydrogen-bond donors (Lipinski definition) is 2. The zero-order valence-electron chi connectivity index (χ0n) is 24.2. The first-order valence-corrected chi connectivity index (χ1v) is 16.5. The van der Waals surface area contributed by atoms with Crippen LogP contribution in [0.1, 0.15) is 61.3 Å². The van der Waals surface area contributed by atoms with Crippen LogP contribution in [0.5, 0.6) is 0 Å². The predicted octanol–water partition coefficient (Wildman–Crippen LogP) is 6.52. The molecule has 1 saturated heterocycles. The summed E-state index contributed by atoms with van der Waals surface area (Å²) in [5.41, 5.74) is 1.09. The molecule has 1 amide bonds. The van der Waals surface area contributed by atoms with Crippen LogP contribution in [0.2, 0.25) is 10.0 Å². The summed E-state index contributed by atoms with van der Waals surface area (Å²) < 4.78 is 40.3. The third-order valence-corrected chi connectivity index (χ3v) is 10.1. The Hall–Kier alpha value is -2.98. The van der Waals surface area contributed by atoms with Gasteiger partial charge in [-0.05, 0) is 84.7 Å². The lowest BCUT2D eigenvalue weighted by Crippen LogP contribution is -2.59. The van der Waals surface area contributed by atoms with E-state index < -0.39 is 40.2 Å². The quantitative estimate of drug-likeness (QED) is 0.216. The molecule has 1 saturated carbocycles. The van der Waals surface area contributed by atoms with Crippen molar-refractivity contribution in [2.75, 3.05) is 13.1 Å². The highest BCUT2D eigenvalue weighted by molar-refractivity contribution is 7.69. The summed E-state index contributed by atoms with van der Waals surface area (Å²) in [6.07, 6.45) is 1.82. The Kier molecular flexibility index (Phi) is 9.99. The second kappa shape index (κ2) is 13.6. The number of nitrogens with zero attached hydrogens (tertiary/aromatic N) is 2. The van der Waals surface area contributed by atoms with Gasteiger partial charge in [0.2, 0.25) is 16.8 Å². The van der Waals surface area contributed by atoms with E-state index in [1.165, 1.54) is 16.4 Å². The number of aliphatic carboxylic acids is 1. The maximum Gasteiger partial charge on any atom is 0.304 e. The molecule has 234 valence electrons. The summed E-state index contributed by atoms with van der Waals surface area (Å²) in [7, 11) is -3.03. The average Bonchev–Trinajstić information content (AvgIpc) is 3.80. The van der Waals surface area contributed by atoms with Crippen LogP contribution in [0.4, 0.5) is 4.39 Å². The summed E-state index contributed by atoms with van der Waals surface area (Å²) >= 11 is 12.7. The van der Waals surface area contributed by atoms with Crippen molar-refractivity contribution in [3.05, 3.63) is 105 Å². The minimum absolute atomic E-state index is 0.0348. The van der Waals surface area contributed by atoms with Gasteiger partial charge < -0.3 is 10.0 Å². The van der Waals surface area contributed by atoms with Crippen LogP contribution in [0.15, 0.2) is 72.8 Å². The zero-order chi connectivity index (χ0) is 31.6. The topological polar surface area (TPSA) is 95.0 Å². The minimum Gasteiger partial charge on any atom is -0.481 e. The van der Waals surface area contributed by atoms with E-state index in [0.29, 0.717) is 22.0 Å².